The zero-order valence-electron chi connectivity index (χ0n) is 6.38. The summed E-state index contributed by atoms with van der Waals surface area (Å²) in [7, 11) is 0. The van der Waals surface area contributed by atoms with Gasteiger partial charge in [0.05, 0.1) is 5.69 Å². The average molecular weight is 188 g/mol. The van der Waals surface area contributed by atoms with Crippen molar-refractivity contribution in [1.82, 2.24) is 0 Å². The molecule has 1 aliphatic rings. The Morgan fingerprint density at radius 2 is 2.08 bits per heavy atom. The van der Waals surface area contributed by atoms with Crippen LogP contribution in [0.5, 0.6) is 11.5 Å². The second-order valence-corrected chi connectivity index (χ2v) is 2.44. The van der Waals surface area contributed by atoms with Gasteiger partial charge in [-0.3, -0.25) is 5.84 Å². The lowest BCUT2D eigenvalue weighted by atomic mass is 10.3. The fourth-order valence-corrected chi connectivity index (χ4v) is 1.08. The molecule has 1 heterocycles. The number of rotatable bonds is 1. The van der Waals surface area contributed by atoms with Gasteiger partial charge in [-0.25, -0.2) is 0 Å². The van der Waals surface area contributed by atoms with Crippen LogP contribution in [0.4, 0.5) is 14.5 Å². The number of hydrogen-bond acceptors (Lipinski definition) is 4. The first kappa shape index (κ1) is 8.06. The molecule has 0 unspecified atom stereocenters. The lowest BCUT2D eigenvalue weighted by Gasteiger charge is -2.05. The Bertz CT molecular complexity index is 343. The molecule has 0 amide bonds. The highest BCUT2D eigenvalue weighted by Gasteiger charge is 2.44. The summed E-state index contributed by atoms with van der Waals surface area (Å²) in [6, 6.07) is 4.40. The molecule has 0 saturated carbocycles. The lowest BCUT2D eigenvalue weighted by molar-refractivity contribution is -0.286. The van der Waals surface area contributed by atoms with E-state index < -0.39 is 6.29 Å². The maximum Gasteiger partial charge on any atom is 0.586 e. The number of halogens is 2. The van der Waals surface area contributed by atoms with Gasteiger partial charge in [-0.1, -0.05) is 6.07 Å². The summed E-state index contributed by atoms with van der Waals surface area (Å²) in [4.78, 5) is 0. The van der Waals surface area contributed by atoms with Crippen LogP contribution < -0.4 is 20.7 Å². The van der Waals surface area contributed by atoms with Gasteiger partial charge in [-0.05, 0) is 12.1 Å². The molecule has 1 aliphatic heterocycles. The van der Waals surface area contributed by atoms with Gasteiger partial charge in [0, 0.05) is 0 Å². The normalized spacial score (nSPS) is 17.2. The monoisotopic (exact) mass is 188 g/mol. The predicted octanol–water partition coefficient (Wildman–Crippen LogP) is 1.29. The largest absolute Gasteiger partial charge is 0.586 e. The van der Waals surface area contributed by atoms with Crippen LogP contribution in [0.1, 0.15) is 0 Å². The number of ether oxygens (including phenoxy) is 2. The highest BCUT2D eigenvalue weighted by atomic mass is 19.3. The van der Waals surface area contributed by atoms with Gasteiger partial charge >= 0.3 is 6.29 Å². The number of nitrogen functional groups attached to an aromatic ring is 1. The van der Waals surface area contributed by atoms with Crippen molar-refractivity contribution in [3.8, 4) is 11.5 Å². The topological polar surface area (TPSA) is 56.5 Å². The van der Waals surface area contributed by atoms with Crippen molar-refractivity contribution in [3.05, 3.63) is 18.2 Å². The maximum absolute atomic E-state index is 12.5. The van der Waals surface area contributed by atoms with Gasteiger partial charge < -0.3 is 14.9 Å². The summed E-state index contributed by atoms with van der Waals surface area (Å²) in [5.74, 6) is 4.98. The number of nitrogens with one attached hydrogen (secondary N) is 1. The van der Waals surface area contributed by atoms with Gasteiger partial charge in [-0.2, -0.15) is 0 Å². The Morgan fingerprint density at radius 3 is 2.77 bits per heavy atom. The van der Waals surface area contributed by atoms with E-state index in [4.69, 9.17) is 5.84 Å². The second kappa shape index (κ2) is 2.46. The van der Waals surface area contributed by atoms with E-state index in [-0.39, 0.29) is 17.2 Å². The van der Waals surface area contributed by atoms with Crippen LogP contribution >= 0.6 is 0 Å². The Balaban J connectivity index is 2.45. The summed E-state index contributed by atoms with van der Waals surface area (Å²) < 4.78 is 33.5. The molecule has 4 nitrogen and oxygen atoms in total. The quantitative estimate of drug-likeness (QED) is 0.515. The second-order valence-electron chi connectivity index (χ2n) is 2.44. The number of anilines is 1. The van der Waals surface area contributed by atoms with Gasteiger partial charge in [0.2, 0.25) is 0 Å². The van der Waals surface area contributed by atoms with Crippen LogP contribution in [0, 0.1) is 0 Å². The molecular weight excluding hydrogens is 182 g/mol. The Kier molecular flexibility index (Phi) is 1.53. The van der Waals surface area contributed by atoms with E-state index in [1.807, 2.05) is 0 Å². The Hall–Kier alpha value is -1.56. The molecule has 0 saturated heterocycles. The van der Waals surface area contributed by atoms with Gasteiger partial charge in [0.1, 0.15) is 0 Å². The summed E-state index contributed by atoms with van der Waals surface area (Å²) in [6.45, 7) is 0. The average Bonchev–Trinajstić information content (AvgIpc) is 2.37. The van der Waals surface area contributed by atoms with E-state index in [1.54, 1.807) is 0 Å². The summed E-state index contributed by atoms with van der Waals surface area (Å²) >= 11 is 0. The molecule has 2 rings (SSSR count). The maximum atomic E-state index is 12.5. The van der Waals surface area contributed by atoms with Crippen LogP contribution in [0.2, 0.25) is 0 Å². The van der Waals surface area contributed by atoms with E-state index in [1.165, 1.54) is 18.2 Å². The third-order valence-electron chi connectivity index (χ3n) is 1.58. The molecule has 1 aromatic carbocycles. The molecule has 0 spiro atoms. The first-order chi connectivity index (χ1) is 6.12. The molecule has 70 valence electrons. The molecule has 0 fully saturated rings. The third kappa shape index (κ3) is 1.25. The fourth-order valence-electron chi connectivity index (χ4n) is 1.08. The van der Waals surface area contributed by atoms with E-state index >= 15 is 0 Å². The minimum Gasteiger partial charge on any atom is -0.395 e. The molecule has 0 atom stereocenters. The molecule has 3 N–H and O–H groups in total. The summed E-state index contributed by atoms with van der Waals surface area (Å²) in [5.41, 5.74) is 2.49. The van der Waals surface area contributed by atoms with E-state index in [0.717, 1.165) is 0 Å². The number of para-hydroxylation sites is 1. The van der Waals surface area contributed by atoms with E-state index in [2.05, 4.69) is 14.9 Å². The number of fused-ring (bicyclic) bond motifs is 1. The van der Waals surface area contributed by atoms with Crippen molar-refractivity contribution in [3.63, 3.8) is 0 Å². The SMILES string of the molecule is NNc1cccc2c1OC(F)(F)O2. The number of nitrogens with two attached hydrogens (primary N) is 1. The van der Waals surface area contributed by atoms with Crippen LogP contribution in [-0.4, -0.2) is 6.29 Å². The minimum absolute atomic E-state index is 0.0274. The number of hydrogen-bond donors (Lipinski definition) is 2. The van der Waals surface area contributed by atoms with Crippen LogP contribution in [0.15, 0.2) is 18.2 Å². The third-order valence-corrected chi connectivity index (χ3v) is 1.58. The predicted molar refractivity (Wildman–Crippen MR) is 40.5 cm³/mol. The van der Waals surface area contributed by atoms with Crippen molar-refractivity contribution < 1.29 is 18.3 Å². The highest BCUT2D eigenvalue weighted by Crippen LogP contribution is 2.45. The molecule has 6 heteroatoms. The van der Waals surface area contributed by atoms with Crippen molar-refractivity contribution in [2.24, 2.45) is 5.84 Å². The van der Waals surface area contributed by atoms with Crippen LogP contribution in [0.3, 0.4) is 0 Å². The van der Waals surface area contributed by atoms with Crippen molar-refractivity contribution >= 4 is 5.69 Å². The Labute approximate surface area is 72.2 Å². The standard InChI is InChI=1S/C7H6F2N2O2/c8-7(9)12-5-3-1-2-4(11-10)6(5)13-7/h1-3,11H,10H2. The van der Waals surface area contributed by atoms with Crippen molar-refractivity contribution in [1.29, 1.82) is 0 Å². The molecule has 0 aliphatic carbocycles. The molecule has 0 radical (unpaired) electrons. The minimum atomic E-state index is -3.60. The molecule has 0 aromatic heterocycles. The highest BCUT2D eigenvalue weighted by molar-refractivity contribution is 5.63. The molecule has 1 aromatic rings. The Morgan fingerprint density at radius 1 is 1.31 bits per heavy atom. The van der Waals surface area contributed by atoms with E-state index in [0.29, 0.717) is 0 Å². The smallest absolute Gasteiger partial charge is 0.395 e. The number of alkyl halides is 2. The van der Waals surface area contributed by atoms with Crippen LogP contribution in [0.25, 0.3) is 0 Å². The first-order valence-corrected chi connectivity index (χ1v) is 3.48. The van der Waals surface area contributed by atoms with Crippen molar-refractivity contribution in [2.75, 3.05) is 5.43 Å². The number of hydrazine groups is 1. The molecular formula is C7H6F2N2O2. The van der Waals surface area contributed by atoms with Gasteiger partial charge in [0.15, 0.2) is 11.5 Å². The zero-order valence-corrected chi connectivity index (χ0v) is 6.38. The molecule has 13 heavy (non-hydrogen) atoms. The van der Waals surface area contributed by atoms with E-state index in [9.17, 15) is 8.78 Å². The zero-order chi connectivity index (χ0) is 9.47. The fraction of sp³-hybridized carbons (Fsp3) is 0.143. The lowest BCUT2D eigenvalue weighted by Crippen LogP contribution is -2.26. The van der Waals surface area contributed by atoms with Gasteiger partial charge in [0.25, 0.3) is 0 Å². The summed E-state index contributed by atoms with van der Waals surface area (Å²) in [6.07, 6.45) is -3.60. The van der Waals surface area contributed by atoms with Gasteiger partial charge in [-0.15, -0.1) is 8.78 Å². The van der Waals surface area contributed by atoms with Crippen molar-refractivity contribution in [2.45, 2.75) is 6.29 Å². The molecule has 0 bridgehead atoms. The summed E-state index contributed by atoms with van der Waals surface area (Å²) in [5, 5.41) is 0. The van der Waals surface area contributed by atoms with Crippen LogP contribution in [-0.2, 0) is 0 Å². The first-order valence-electron chi connectivity index (χ1n) is 3.48. The number of benzene rings is 1.